The number of unbranched alkanes of at least 4 members (excludes halogenated alkanes) is 2. The van der Waals surface area contributed by atoms with Crippen molar-refractivity contribution in [1.29, 1.82) is 0 Å². The number of nitrogens with zero attached hydrogens (tertiary/aromatic N) is 2. The molecule has 1 aliphatic heterocycles. The van der Waals surface area contributed by atoms with Crippen LogP contribution >= 0.6 is 0 Å². The van der Waals surface area contributed by atoms with Gasteiger partial charge in [0.1, 0.15) is 30.4 Å². The zero-order valence-corrected chi connectivity index (χ0v) is 32.7. The van der Waals surface area contributed by atoms with Crippen molar-refractivity contribution in [2.75, 3.05) is 40.6 Å². The molecule has 5 rings (SSSR count). The van der Waals surface area contributed by atoms with E-state index in [0.29, 0.717) is 30.8 Å². The van der Waals surface area contributed by atoms with Crippen LogP contribution in [0, 0.1) is 37.0 Å². The summed E-state index contributed by atoms with van der Waals surface area (Å²) in [7, 11) is 3.28. The average Bonchev–Trinajstić information content (AvgIpc) is 3.12. The number of allylic oxidation sites excluding steroid dienone is 1. The minimum atomic E-state index is -1.33. The van der Waals surface area contributed by atoms with Crippen LogP contribution in [-0.2, 0) is 14.3 Å². The summed E-state index contributed by atoms with van der Waals surface area (Å²) in [5, 5.41) is 24.2. The van der Waals surface area contributed by atoms with Crippen LogP contribution in [0.1, 0.15) is 88.3 Å². The third-order valence-corrected chi connectivity index (χ3v) is 10.9. The number of aliphatic hydroxyl groups excluding tert-OH is 2. The van der Waals surface area contributed by atoms with E-state index in [1.807, 2.05) is 45.0 Å². The molecule has 1 fully saturated rings. The number of oxime groups is 1. The van der Waals surface area contributed by atoms with Crippen LogP contribution in [0.15, 0.2) is 65.9 Å². The number of benzene rings is 2. The lowest BCUT2D eigenvalue weighted by atomic mass is 9.55. The van der Waals surface area contributed by atoms with Crippen LogP contribution in [0.25, 0.3) is 0 Å². The van der Waals surface area contributed by atoms with Crippen molar-refractivity contribution in [1.82, 2.24) is 4.90 Å². The van der Waals surface area contributed by atoms with Gasteiger partial charge in [-0.25, -0.2) is 4.79 Å². The second-order valence-corrected chi connectivity index (χ2v) is 16.0. The van der Waals surface area contributed by atoms with Gasteiger partial charge < -0.3 is 38.9 Å². The zero-order valence-electron chi connectivity index (χ0n) is 32.7. The van der Waals surface area contributed by atoms with E-state index in [1.54, 1.807) is 25.1 Å². The minimum absolute atomic E-state index is 0.112. The Labute approximate surface area is 315 Å². The van der Waals surface area contributed by atoms with Crippen molar-refractivity contribution in [2.24, 2.45) is 28.3 Å². The maximum Gasteiger partial charge on any atom is 0.410 e. The summed E-state index contributed by atoms with van der Waals surface area (Å²) in [4.78, 5) is 21.0. The monoisotopic (exact) mass is 732 g/mol. The largest absolute Gasteiger partial charge is 0.459 e. The molecule has 1 heterocycles. The predicted molar refractivity (Wildman–Crippen MR) is 207 cm³/mol. The minimum Gasteiger partial charge on any atom is -0.459 e. The summed E-state index contributed by atoms with van der Waals surface area (Å²) >= 11 is 0. The molecule has 2 aromatic rings. The molecule has 10 heteroatoms. The molecule has 1 amide bonds. The van der Waals surface area contributed by atoms with Crippen LogP contribution in [-0.4, -0.2) is 79.3 Å². The van der Waals surface area contributed by atoms with Gasteiger partial charge in [-0.15, -0.1) is 6.58 Å². The molecule has 10 nitrogen and oxygen atoms in total. The molecular formula is C43H60N2O8. The van der Waals surface area contributed by atoms with E-state index in [2.05, 4.69) is 43.8 Å². The number of ether oxygens (including phenoxy) is 4. The normalized spacial score (nSPS) is 25.4. The SMILES string of the molecule is C=CCOC12Oc3ccc(Oc4ccc(C)c(C)c4)cc3C3C(CCCCO)C(CCCCO)C=C(C(=NOC)CC1N(C)C(=O)OCC(C)(C)C)C32. The van der Waals surface area contributed by atoms with E-state index >= 15 is 0 Å². The quantitative estimate of drug-likeness (QED) is 0.100. The molecule has 3 aliphatic rings. The number of aliphatic hydroxyl groups is 2. The van der Waals surface area contributed by atoms with E-state index in [9.17, 15) is 15.0 Å². The molecule has 2 aliphatic carbocycles. The van der Waals surface area contributed by atoms with E-state index in [4.69, 9.17) is 23.8 Å². The number of fused-ring (bicyclic) bond motifs is 2. The number of aryl methyl sites for hydroxylation is 2. The molecule has 0 radical (unpaired) electrons. The molecule has 53 heavy (non-hydrogen) atoms. The lowest BCUT2D eigenvalue weighted by Crippen LogP contribution is -2.69. The molecule has 2 N–H and O–H groups in total. The Morgan fingerprint density at radius 1 is 1.04 bits per heavy atom. The van der Waals surface area contributed by atoms with Gasteiger partial charge in [0.25, 0.3) is 0 Å². The summed E-state index contributed by atoms with van der Waals surface area (Å²) in [5.74, 6) is 0.484. The van der Waals surface area contributed by atoms with Gasteiger partial charge in [-0.1, -0.05) is 57.0 Å². The highest BCUT2D eigenvalue weighted by Gasteiger charge is 2.65. The van der Waals surface area contributed by atoms with Crippen LogP contribution in [0.4, 0.5) is 4.79 Å². The number of hydrogen-bond donors (Lipinski definition) is 2. The summed E-state index contributed by atoms with van der Waals surface area (Å²) in [6, 6.07) is 11.4. The van der Waals surface area contributed by atoms with Gasteiger partial charge in [0.2, 0.25) is 5.79 Å². The fourth-order valence-electron chi connectivity index (χ4n) is 8.32. The van der Waals surface area contributed by atoms with Crippen molar-refractivity contribution < 1.29 is 38.8 Å². The maximum absolute atomic E-state index is 13.9. The van der Waals surface area contributed by atoms with E-state index in [0.717, 1.165) is 53.8 Å². The first-order chi connectivity index (χ1) is 25.4. The van der Waals surface area contributed by atoms with Crippen LogP contribution in [0.3, 0.4) is 0 Å². The number of likely N-dealkylation sites (N-methyl/N-ethyl adjacent to an activating group) is 1. The third kappa shape index (κ3) is 8.93. The lowest BCUT2D eigenvalue weighted by molar-refractivity contribution is -0.253. The summed E-state index contributed by atoms with van der Waals surface area (Å²) < 4.78 is 26.4. The molecule has 290 valence electrons. The van der Waals surface area contributed by atoms with Gasteiger partial charge in [0, 0.05) is 38.2 Å². The average molecular weight is 733 g/mol. The Kier molecular flexibility index (Phi) is 13.3. The highest BCUT2D eigenvalue weighted by atomic mass is 16.7. The Hall–Kier alpha value is -3.86. The first kappa shape index (κ1) is 40.3. The summed E-state index contributed by atoms with van der Waals surface area (Å²) in [5.41, 5.74) is 4.82. The Morgan fingerprint density at radius 2 is 1.74 bits per heavy atom. The molecule has 0 aromatic heterocycles. The fraction of sp³-hybridized carbons (Fsp3) is 0.581. The standard InChI is InChI=1S/C43H60N2O8/c1-9-22-51-43-38(45(7)41(48)50-27-42(4,5)6)26-36(44-49-8)34-24-30(14-10-12-20-46)33(15-11-13-21-47)39(40(34)43)35-25-32(18-19-37(35)53-43)52-31-17-16-28(2)29(3)23-31/h9,16-19,23-25,30,33,38-40,46-47H,1,10-15,20-22,26-27H2,2-8H3. The van der Waals surface area contributed by atoms with E-state index in [-0.39, 0.29) is 49.6 Å². The van der Waals surface area contributed by atoms with Gasteiger partial charge >= 0.3 is 6.09 Å². The van der Waals surface area contributed by atoms with Gasteiger partial charge in [-0.2, -0.15) is 0 Å². The number of carbonyl (C=O) groups is 1. The van der Waals surface area contributed by atoms with Crippen molar-refractivity contribution in [3.8, 4) is 17.2 Å². The van der Waals surface area contributed by atoms with Gasteiger partial charge in [0.15, 0.2) is 0 Å². The smallest absolute Gasteiger partial charge is 0.410 e. The molecule has 0 bridgehead atoms. The van der Waals surface area contributed by atoms with Gasteiger partial charge in [0.05, 0.1) is 24.8 Å². The zero-order chi connectivity index (χ0) is 38.3. The van der Waals surface area contributed by atoms with Crippen molar-refractivity contribution in [2.45, 2.75) is 97.3 Å². The number of hydrogen-bond acceptors (Lipinski definition) is 9. The fourth-order valence-corrected chi connectivity index (χ4v) is 8.32. The molecule has 1 saturated carbocycles. The highest BCUT2D eigenvalue weighted by Crippen LogP contribution is 2.62. The van der Waals surface area contributed by atoms with Crippen molar-refractivity contribution in [3.63, 3.8) is 0 Å². The van der Waals surface area contributed by atoms with Crippen molar-refractivity contribution in [3.05, 3.63) is 77.4 Å². The number of rotatable bonds is 16. The third-order valence-electron chi connectivity index (χ3n) is 10.9. The Morgan fingerprint density at radius 3 is 2.40 bits per heavy atom. The topological polar surface area (TPSA) is 119 Å². The Bertz CT molecular complexity index is 1650. The van der Waals surface area contributed by atoms with Crippen LogP contribution in [0.5, 0.6) is 17.2 Å². The number of carbonyl (C=O) groups excluding carboxylic acids is 1. The van der Waals surface area contributed by atoms with E-state index in [1.165, 1.54) is 5.56 Å². The maximum atomic E-state index is 13.9. The molecule has 0 spiro atoms. The second-order valence-electron chi connectivity index (χ2n) is 16.0. The first-order valence-electron chi connectivity index (χ1n) is 19.1. The number of amides is 1. The van der Waals surface area contributed by atoms with Crippen molar-refractivity contribution >= 4 is 11.8 Å². The first-order valence-corrected chi connectivity index (χ1v) is 19.1. The molecule has 2 aromatic carbocycles. The van der Waals surface area contributed by atoms with Gasteiger partial charge in [-0.05, 0) is 104 Å². The van der Waals surface area contributed by atoms with Gasteiger partial charge in [-0.3, -0.25) is 0 Å². The highest BCUT2D eigenvalue weighted by molar-refractivity contribution is 6.02. The molecule has 6 atom stereocenters. The summed E-state index contributed by atoms with van der Waals surface area (Å²) in [6.45, 7) is 14.9. The molecular weight excluding hydrogens is 672 g/mol. The summed E-state index contributed by atoms with van der Waals surface area (Å²) in [6.07, 6.45) is 8.67. The molecule has 0 saturated heterocycles. The second kappa shape index (κ2) is 17.5. The predicted octanol–water partition coefficient (Wildman–Crippen LogP) is 8.47. The molecule has 6 unspecified atom stereocenters. The Balaban J connectivity index is 1.72. The van der Waals surface area contributed by atoms with Crippen LogP contribution in [0.2, 0.25) is 0 Å². The lowest BCUT2D eigenvalue weighted by Gasteiger charge is -2.59. The van der Waals surface area contributed by atoms with Crippen LogP contribution < -0.4 is 9.47 Å². The van der Waals surface area contributed by atoms with E-state index < -0.39 is 23.8 Å².